The minimum Gasteiger partial charge on any atom is -0.466 e. The summed E-state index contributed by atoms with van der Waals surface area (Å²) in [7, 11) is 0. The Bertz CT molecular complexity index is 1400. The topological polar surface area (TPSA) is 95.9 Å². The van der Waals surface area contributed by atoms with Gasteiger partial charge in [0.15, 0.2) is 0 Å². The van der Waals surface area contributed by atoms with Crippen LogP contribution in [-0.4, -0.2) is 47.4 Å². The molecule has 0 aromatic heterocycles. The van der Waals surface area contributed by atoms with Crippen molar-refractivity contribution in [1.82, 2.24) is 5.32 Å². The Morgan fingerprint density at radius 1 is 0.293 bits per heavy atom. The Kier molecular flexibility index (Phi) is 80.8. The highest BCUT2D eigenvalue weighted by atomic mass is 16.5. The van der Waals surface area contributed by atoms with Crippen molar-refractivity contribution in [1.29, 1.82) is 0 Å². The third-order valence-electron chi connectivity index (χ3n) is 20.6. The van der Waals surface area contributed by atoms with Gasteiger partial charge in [0.05, 0.1) is 25.4 Å². The maximum atomic E-state index is 12.6. The van der Waals surface area contributed by atoms with Crippen LogP contribution in [0.3, 0.4) is 0 Å². The predicted octanol–water partition coefficient (Wildman–Crippen LogP) is 28.6. The summed E-state index contributed by atoms with van der Waals surface area (Å²) in [6.45, 7) is 4.98. The molecule has 0 fully saturated rings. The zero-order valence-electron chi connectivity index (χ0n) is 63.1. The normalized spacial score (nSPS) is 12.4. The fourth-order valence-electron chi connectivity index (χ4n) is 14.1. The number of hydrogen-bond donors (Lipinski definition) is 3. The number of aliphatic hydroxyl groups excluding tert-OH is 2. The molecule has 3 N–H and O–H groups in total. The highest BCUT2D eigenvalue weighted by Gasteiger charge is 2.18. The van der Waals surface area contributed by atoms with Crippen molar-refractivity contribution in [2.24, 2.45) is 0 Å². The molecule has 0 radical (unpaired) electrons. The lowest BCUT2D eigenvalue weighted by atomic mass is 10.0. The molecule has 6 nitrogen and oxygen atoms in total. The van der Waals surface area contributed by atoms with E-state index in [1.807, 2.05) is 6.08 Å². The van der Waals surface area contributed by atoms with Crippen molar-refractivity contribution in [2.75, 3.05) is 13.2 Å². The van der Waals surface area contributed by atoms with Gasteiger partial charge in [-0.3, -0.25) is 9.59 Å². The number of hydrogen-bond acceptors (Lipinski definition) is 5. The first-order valence-electron chi connectivity index (χ1n) is 43.0. The zero-order chi connectivity index (χ0) is 66.3. The molecule has 1 amide bonds. The molecule has 0 aliphatic rings. The van der Waals surface area contributed by atoms with Crippen LogP contribution in [-0.2, 0) is 14.3 Å². The lowest BCUT2D eigenvalue weighted by Gasteiger charge is -2.20. The van der Waals surface area contributed by atoms with Crippen molar-refractivity contribution in [3.8, 4) is 0 Å². The Morgan fingerprint density at radius 2 is 0.500 bits per heavy atom. The Hall–Kier alpha value is -1.40. The van der Waals surface area contributed by atoms with E-state index in [1.165, 1.54) is 437 Å². The molecule has 0 aromatic carbocycles. The summed E-state index contributed by atoms with van der Waals surface area (Å²) in [4.78, 5) is 24.7. The summed E-state index contributed by atoms with van der Waals surface area (Å²) in [5, 5.41) is 23.3. The van der Waals surface area contributed by atoms with Crippen molar-refractivity contribution in [3.63, 3.8) is 0 Å². The molecule has 0 aliphatic carbocycles. The van der Waals surface area contributed by atoms with Crippen LogP contribution >= 0.6 is 0 Å². The summed E-state index contributed by atoms with van der Waals surface area (Å²) in [5.41, 5.74) is 0. The molecule has 0 heterocycles. The number of amides is 1. The van der Waals surface area contributed by atoms with E-state index in [0.29, 0.717) is 19.4 Å². The van der Waals surface area contributed by atoms with Crippen molar-refractivity contribution in [2.45, 2.75) is 514 Å². The molecular formula is C86H169NO5. The first-order valence-corrected chi connectivity index (χ1v) is 43.0. The largest absolute Gasteiger partial charge is 0.466 e. The van der Waals surface area contributed by atoms with Crippen molar-refractivity contribution < 1.29 is 24.5 Å². The number of rotatable bonds is 82. The molecule has 0 saturated heterocycles. The van der Waals surface area contributed by atoms with Gasteiger partial charge >= 0.3 is 5.97 Å². The van der Waals surface area contributed by atoms with Gasteiger partial charge in [-0.15, -0.1) is 0 Å². The molecule has 92 heavy (non-hydrogen) atoms. The number of unbranched alkanes of at least 4 members (excludes halogenated alkanes) is 71. The van der Waals surface area contributed by atoms with Gasteiger partial charge in [-0.25, -0.2) is 0 Å². The number of carbonyl (C=O) groups is 2. The Balaban J connectivity index is 3.32. The van der Waals surface area contributed by atoms with Crippen LogP contribution in [0.25, 0.3) is 0 Å². The van der Waals surface area contributed by atoms with Gasteiger partial charge in [0.1, 0.15) is 0 Å². The monoisotopic (exact) mass is 1300 g/mol. The second-order valence-electron chi connectivity index (χ2n) is 29.9. The lowest BCUT2D eigenvalue weighted by Crippen LogP contribution is -2.45. The van der Waals surface area contributed by atoms with E-state index in [2.05, 4.69) is 19.2 Å². The SMILES string of the molecule is CCCCCCCCCCCCCCCCCCCCCCCC/C=C/C(O)C(CO)NC(=O)CCCCCCCCCCCCCCCCCCCCCCCCCCCCCCCCCCCCCOC(=O)CCCCCCCCCCCCCCCCCC. The van der Waals surface area contributed by atoms with Crippen LogP contribution in [0.4, 0.5) is 0 Å². The van der Waals surface area contributed by atoms with Gasteiger partial charge in [-0.05, 0) is 32.1 Å². The molecule has 0 aromatic rings. The highest BCUT2D eigenvalue weighted by Crippen LogP contribution is 2.21. The standard InChI is InChI=1S/C86H169NO5/c1-3-5-7-9-11-13-15-17-19-21-22-23-24-38-41-44-47-50-54-58-62-66-70-74-78-84(89)83(82-88)87-85(90)79-75-71-67-63-59-55-51-48-45-42-39-36-34-32-30-28-26-25-27-29-31-33-35-37-40-43-46-49-53-57-61-65-69-73-77-81-92-86(91)80-76-72-68-64-60-56-52-20-18-16-14-12-10-8-6-4-2/h74,78,83-84,88-89H,3-73,75-77,79-82H2,1-2H3,(H,87,90)/b78-74+. The quantitative estimate of drug-likeness (QED) is 0.0320. The van der Waals surface area contributed by atoms with E-state index < -0.39 is 12.1 Å². The van der Waals surface area contributed by atoms with Gasteiger partial charge in [0.25, 0.3) is 0 Å². The second-order valence-corrected chi connectivity index (χ2v) is 29.9. The van der Waals surface area contributed by atoms with Gasteiger partial charge in [-0.1, -0.05) is 469 Å². The minimum atomic E-state index is -0.842. The third kappa shape index (κ3) is 77.6. The maximum Gasteiger partial charge on any atom is 0.305 e. The zero-order valence-corrected chi connectivity index (χ0v) is 63.1. The Labute approximate surface area is 578 Å². The molecule has 2 atom stereocenters. The molecule has 0 spiro atoms. The average Bonchev–Trinajstić information content (AvgIpc) is 3.77. The summed E-state index contributed by atoms with van der Waals surface area (Å²) < 4.78 is 5.52. The van der Waals surface area contributed by atoms with E-state index >= 15 is 0 Å². The van der Waals surface area contributed by atoms with E-state index in [-0.39, 0.29) is 18.5 Å². The van der Waals surface area contributed by atoms with Crippen LogP contribution in [0.15, 0.2) is 12.2 Å². The first kappa shape index (κ1) is 90.6. The van der Waals surface area contributed by atoms with Gasteiger partial charge in [-0.2, -0.15) is 0 Å². The first-order chi connectivity index (χ1) is 45.5. The molecule has 0 aliphatic heterocycles. The predicted molar refractivity (Wildman–Crippen MR) is 407 cm³/mol. The number of ether oxygens (including phenoxy) is 1. The van der Waals surface area contributed by atoms with Crippen molar-refractivity contribution in [3.05, 3.63) is 12.2 Å². The summed E-state index contributed by atoms with van der Waals surface area (Å²) in [5.74, 6) is -0.0292. The van der Waals surface area contributed by atoms with Crippen LogP contribution in [0, 0.1) is 0 Å². The van der Waals surface area contributed by atoms with E-state index in [1.54, 1.807) is 6.08 Å². The summed E-state index contributed by atoms with van der Waals surface area (Å²) in [6, 6.07) is -0.625. The van der Waals surface area contributed by atoms with Gasteiger partial charge < -0.3 is 20.3 Å². The second kappa shape index (κ2) is 82.0. The fraction of sp³-hybridized carbons (Fsp3) is 0.953. The summed E-state index contributed by atoms with van der Waals surface area (Å²) in [6.07, 6.45) is 105. The van der Waals surface area contributed by atoms with Crippen LogP contribution in [0.2, 0.25) is 0 Å². The van der Waals surface area contributed by atoms with Crippen LogP contribution in [0.1, 0.15) is 502 Å². The molecule has 548 valence electrons. The number of nitrogens with one attached hydrogen (secondary N) is 1. The van der Waals surface area contributed by atoms with E-state index in [9.17, 15) is 19.8 Å². The van der Waals surface area contributed by atoms with E-state index in [4.69, 9.17) is 4.74 Å². The molecule has 2 unspecified atom stereocenters. The summed E-state index contributed by atoms with van der Waals surface area (Å²) >= 11 is 0. The highest BCUT2D eigenvalue weighted by molar-refractivity contribution is 5.76. The third-order valence-corrected chi connectivity index (χ3v) is 20.6. The molecule has 6 heteroatoms. The van der Waals surface area contributed by atoms with Gasteiger partial charge in [0, 0.05) is 12.8 Å². The smallest absolute Gasteiger partial charge is 0.305 e. The van der Waals surface area contributed by atoms with E-state index in [0.717, 1.165) is 38.5 Å². The number of carbonyl (C=O) groups excluding carboxylic acids is 2. The molecule has 0 saturated carbocycles. The fourth-order valence-corrected chi connectivity index (χ4v) is 14.1. The number of esters is 1. The maximum absolute atomic E-state index is 12.6. The van der Waals surface area contributed by atoms with Gasteiger partial charge in [0.2, 0.25) is 5.91 Å². The molecular weight excluding hydrogens is 1130 g/mol. The Morgan fingerprint density at radius 3 is 0.739 bits per heavy atom. The minimum absolute atomic E-state index is 0.0273. The number of allylic oxidation sites excluding steroid dienone is 1. The van der Waals surface area contributed by atoms with Crippen LogP contribution in [0.5, 0.6) is 0 Å². The molecule has 0 rings (SSSR count). The van der Waals surface area contributed by atoms with Crippen molar-refractivity contribution >= 4 is 11.9 Å². The molecule has 0 bridgehead atoms. The average molecular weight is 1300 g/mol. The lowest BCUT2D eigenvalue weighted by molar-refractivity contribution is -0.143. The van der Waals surface area contributed by atoms with Crippen LogP contribution < -0.4 is 5.32 Å². The number of aliphatic hydroxyl groups is 2.